The molecule has 0 amide bonds. The molecule has 0 saturated carbocycles. The summed E-state index contributed by atoms with van der Waals surface area (Å²) in [6, 6.07) is 0. The first-order chi connectivity index (χ1) is 11.0. The van der Waals surface area contributed by atoms with Gasteiger partial charge in [-0.2, -0.15) is 0 Å². The zero-order valence-electron chi connectivity index (χ0n) is 13.3. The highest BCUT2D eigenvalue weighted by Crippen LogP contribution is 2.32. The van der Waals surface area contributed by atoms with Gasteiger partial charge in [-0.15, -0.1) is 0 Å². The average molecular weight is 341 g/mol. The Labute approximate surface area is 138 Å². The molecule has 3 heterocycles. The summed E-state index contributed by atoms with van der Waals surface area (Å²) in [5, 5.41) is 20.6. The van der Waals surface area contributed by atoms with Gasteiger partial charge in [-0.3, -0.25) is 4.57 Å². The molecule has 0 unspecified atom stereocenters. The molecule has 2 aromatic rings. The van der Waals surface area contributed by atoms with Crippen molar-refractivity contribution in [2.75, 3.05) is 32.4 Å². The summed E-state index contributed by atoms with van der Waals surface area (Å²) in [6.45, 7) is 1.63. The van der Waals surface area contributed by atoms with Crippen LogP contribution < -0.4 is 11.5 Å². The monoisotopic (exact) mass is 341 g/mol. The summed E-state index contributed by atoms with van der Waals surface area (Å²) >= 11 is 0. The Kier molecular flexibility index (Phi) is 5.64. The lowest BCUT2D eigenvalue weighted by Gasteiger charge is -2.22. The van der Waals surface area contributed by atoms with Gasteiger partial charge in [-0.1, -0.05) is 0 Å². The summed E-state index contributed by atoms with van der Waals surface area (Å²) in [5.41, 5.74) is 12.2. The lowest BCUT2D eigenvalue weighted by Crippen LogP contribution is -2.40. The summed E-state index contributed by atoms with van der Waals surface area (Å²) in [4.78, 5) is 14.1. The fourth-order valence-corrected chi connectivity index (χ4v) is 2.78. The maximum absolute atomic E-state index is 10.3. The first kappa shape index (κ1) is 18.4. The Bertz CT molecular complexity index is 681. The van der Waals surface area contributed by atoms with Gasteiger partial charge < -0.3 is 36.8 Å². The van der Waals surface area contributed by atoms with E-state index in [-0.39, 0.29) is 11.3 Å². The number of anilines is 1. The summed E-state index contributed by atoms with van der Waals surface area (Å²) in [7, 11) is 1.88. The average Bonchev–Trinajstić information content (AvgIpc) is 3.05. The maximum atomic E-state index is 10.3. The van der Waals surface area contributed by atoms with Crippen molar-refractivity contribution in [2.45, 2.75) is 24.5 Å². The molecule has 0 bridgehead atoms. The van der Waals surface area contributed by atoms with E-state index in [1.54, 1.807) is 4.57 Å². The van der Waals surface area contributed by atoms with E-state index >= 15 is 0 Å². The molecule has 1 fully saturated rings. The van der Waals surface area contributed by atoms with Gasteiger partial charge in [0, 0.05) is 19.6 Å². The molecule has 0 aromatic carbocycles. The molecule has 11 heteroatoms. The molecule has 8 N–H and O–H groups in total. The standard InChI is InChI=1S/C13H21N7O3.H2O/c1-19(3-2-14)4-7-9(21)10(22)13(23-7)20-6-18-8-11(15)16-5-17-12(8)20;/h5-7,9-10,13,21-22H,2-4,14H2,1H3,(H2,15,16,17);1H2/t7-,9-,10-,13-;/m1./s1. The van der Waals surface area contributed by atoms with Crippen LogP contribution in [-0.4, -0.2) is 85.1 Å². The van der Waals surface area contributed by atoms with E-state index < -0.39 is 24.5 Å². The van der Waals surface area contributed by atoms with E-state index in [0.717, 1.165) is 0 Å². The van der Waals surface area contributed by atoms with Gasteiger partial charge >= 0.3 is 0 Å². The third kappa shape index (κ3) is 3.17. The van der Waals surface area contributed by atoms with Crippen LogP contribution in [0.1, 0.15) is 6.23 Å². The third-order valence-electron chi connectivity index (χ3n) is 4.00. The molecule has 1 saturated heterocycles. The Morgan fingerprint density at radius 2 is 2.04 bits per heavy atom. The van der Waals surface area contributed by atoms with E-state index in [9.17, 15) is 10.2 Å². The zero-order chi connectivity index (χ0) is 16.6. The third-order valence-corrected chi connectivity index (χ3v) is 4.00. The van der Waals surface area contributed by atoms with Crippen molar-refractivity contribution in [3.05, 3.63) is 12.7 Å². The van der Waals surface area contributed by atoms with E-state index in [2.05, 4.69) is 15.0 Å². The van der Waals surface area contributed by atoms with Gasteiger partial charge in [0.1, 0.15) is 30.2 Å². The largest absolute Gasteiger partial charge is 0.412 e. The zero-order valence-corrected chi connectivity index (χ0v) is 13.3. The fourth-order valence-electron chi connectivity index (χ4n) is 2.78. The molecule has 134 valence electrons. The van der Waals surface area contributed by atoms with Crippen molar-refractivity contribution in [3.63, 3.8) is 0 Å². The minimum atomic E-state index is -1.10. The summed E-state index contributed by atoms with van der Waals surface area (Å²) in [6.07, 6.45) is -0.650. The Morgan fingerprint density at radius 3 is 2.75 bits per heavy atom. The van der Waals surface area contributed by atoms with Gasteiger partial charge in [-0.05, 0) is 7.05 Å². The molecule has 0 radical (unpaired) electrons. The number of ether oxygens (including phenoxy) is 1. The van der Waals surface area contributed by atoms with Gasteiger partial charge in [0.25, 0.3) is 0 Å². The first-order valence-corrected chi connectivity index (χ1v) is 7.36. The number of fused-ring (bicyclic) bond motifs is 1. The minimum Gasteiger partial charge on any atom is -0.412 e. The quantitative estimate of drug-likeness (QED) is 0.443. The van der Waals surface area contributed by atoms with Gasteiger partial charge in [0.05, 0.1) is 6.33 Å². The van der Waals surface area contributed by atoms with Crippen molar-refractivity contribution in [1.82, 2.24) is 24.4 Å². The number of likely N-dealkylation sites (N-methyl/N-ethyl adjacent to an activating group) is 1. The van der Waals surface area contributed by atoms with E-state index in [1.807, 2.05) is 11.9 Å². The Balaban J connectivity index is 0.00000208. The van der Waals surface area contributed by atoms with E-state index in [0.29, 0.717) is 30.8 Å². The molecular formula is C13H23N7O4. The van der Waals surface area contributed by atoms with Gasteiger partial charge in [-0.25, -0.2) is 15.0 Å². The lowest BCUT2D eigenvalue weighted by molar-refractivity contribution is -0.0419. The number of imidazole rings is 1. The number of aliphatic hydroxyl groups excluding tert-OH is 2. The second kappa shape index (κ2) is 7.34. The van der Waals surface area contributed by atoms with Gasteiger partial charge in [0.15, 0.2) is 17.7 Å². The fraction of sp³-hybridized carbons (Fsp3) is 0.615. The Hall–Kier alpha value is -1.89. The van der Waals surface area contributed by atoms with Crippen molar-refractivity contribution in [3.8, 4) is 0 Å². The first-order valence-electron chi connectivity index (χ1n) is 7.36. The van der Waals surface area contributed by atoms with Crippen molar-refractivity contribution < 1.29 is 20.4 Å². The molecule has 0 spiro atoms. The van der Waals surface area contributed by atoms with Crippen LogP contribution in [0.5, 0.6) is 0 Å². The highest BCUT2D eigenvalue weighted by molar-refractivity contribution is 5.81. The van der Waals surface area contributed by atoms with Crippen molar-refractivity contribution in [2.24, 2.45) is 5.73 Å². The van der Waals surface area contributed by atoms with Crippen molar-refractivity contribution in [1.29, 1.82) is 0 Å². The van der Waals surface area contributed by atoms with Crippen LogP contribution >= 0.6 is 0 Å². The highest BCUT2D eigenvalue weighted by atomic mass is 16.6. The summed E-state index contributed by atoms with van der Waals surface area (Å²) in [5.74, 6) is 0.251. The molecule has 1 aliphatic heterocycles. The summed E-state index contributed by atoms with van der Waals surface area (Å²) < 4.78 is 7.39. The van der Waals surface area contributed by atoms with Crippen LogP contribution in [-0.2, 0) is 4.74 Å². The molecule has 2 aromatic heterocycles. The van der Waals surface area contributed by atoms with E-state index in [1.165, 1.54) is 12.7 Å². The van der Waals surface area contributed by atoms with Crippen LogP contribution in [0.3, 0.4) is 0 Å². The van der Waals surface area contributed by atoms with E-state index in [4.69, 9.17) is 16.2 Å². The minimum absolute atomic E-state index is 0. The molecule has 1 aliphatic rings. The number of hydrogen-bond donors (Lipinski definition) is 4. The second-order valence-electron chi connectivity index (χ2n) is 5.68. The smallest absolute Gasteiger partial charge is 0.167 e. The van der Waals surface area contributed by atoms with Crippen LogP contribution in [0.15, 0.2) is 12.7 Å². The van der Waals surface area contributed by atoms with Crippen LogP contribution in [0.2, 0.25) is 0 Å². The molecular weight excluding hydrogens is 318 g/mol. The molecule has 3 rings (SSSR count). The lowest BCUT2D eigenvalue weighted by atomic mass is 10.1. The normalized spacial score (nSPS) is 26.9. The number of hydrogen-bond acceptors (Lipinski definition) is 9. The number of nitrogens with two attached hydrogens (primary N) is 2. The number of nitrogen functional groups attached to an aromatic ring is 1. The number of aliphatic hydroxyl groups is 2. The van der Waals surface area contributed by atoms with Crippen LogP contribution in [0, 0.1) is 0 Å². The molecule has 4 atom stereocenters. The SMILES string of the molecule is CN(CCN)C[C@H]1O[C@@H](n2cnc3c(N)ncnc32)[C@H](O)[C@@H]1O.O. The topological polar surface area (TPSA) is 180 Å². The van der Waals surface area contributed by atoms with Crippen LogP contribution in [0.25, 0.3) is 11.2 Å². The molecule has 11 nitrogen and oxygen atoms in total. The number of rotatable bonds is 5. The van der Waals surface area contributed by atoms with Crippen LogP contribution in [0.4, 0.5) is 5.82 Å². The maximum Gasteiger partial charge on any atom is 0.167 e. The highest BCUT2D eigenvalue weighted by Gasteiger charge is 2.44. The molecule has 24 heavy (non-hydrogen) atoms. The Morgan fingerprint density at radius 1 is 1.29 bits per heavy atom. The molecule has 0 aliphatic carbocycles. The number of nitrogens with zero attached hydrogens (tertiary/aromatic N) is 5. The predicted octanol–water partition coefficient (Wildman–Crippen LogP) is -2.91. The number of aromatic nitrogens is 4. The second-order valence-corrected chi connectivity index (χ2v) is 5.68. The van der Waals surface area contributed by atoms with Gasteiger partial charge in [0.2, 0.25) is 0 Å². The predicted molar refractivity (Wildman–Crippen MR) is 85.8 cm³/mol. The van der Waals surface area contributed by atoms with Crippen molar-refractivity contribution >= 4 is 17.0 Å².